The van der Waals surface area contributed by atoms with Crippen molar-refractivity contribution in [1.82, 2.24) is 4.90 Å². The molecule has 5 rings (SSSR count). The van der Waals surface area contributed by atoms with Crippen LogP contribution in [0.5, 0.6) is 11.5 Å². The van der Waals surface area contributed by atoms with Crippen molar-refractivity contribution in [2.45, 2.75) is 37.5 Å². The predicted molar refractivity (Wildman–Crippen MR) is 133 cm³/mol. The van der Waals surface area contributed by atoms with Gasteiger partial charge < -0.3 is 24.8 Å². The molecule has 2 heterocycles. The minimum absolute atomic E-state index is 0.0552. The number of hydrogen-bond donors (Lipinski definition) is 2. The first kappa shape index (κ1) is 24.5. The van der Waals surface area contributed by atoms with Crippen LogP contribution in [0.25, 0.3) is 0 Å². The number of hydrogen-bond acceptors (Lipinski definition) is 6. The van der Waals surface area contributed by atoms with Gasteiger partial charge in [0, 0.05) is 31.7 Å². The Labute approximate surface area is 210 Å². The molecular weight excluding hydrogens is 465 g/mol. The number of rotatable bonds is 7. The number of anilines is 2. The van der Waals surface area contributed by atoms with Gasteiger partial charge in [-0.2, -0.15) is 0 Å². The Kier molecular flexibility index (Phi) is 7.38. The van der Waals surface area contributed by atoms with Gasteiger partial charge in [-0.15, -0.1) is 0 Å². The van der Waals surface area contributed by atoms with E-state index in [1.165, 1.54) is 18.2 Å². The molecule has 2 amide bonds. The molecule has 0 bridgehead atoms. The number of morpholine rings is 1. The average molecular weight is 498 g/mol. The van der Waals surface area contributed by atoms with Gasteiger partial charge in [0.1, 0.15) is 19.0 Å². The van der Waals surface area contributed by atoms with Crippen molar-refractivity contribution in [3.63, 3.8) is 0 Å². The molecule has 2 fully saturated rings. The minimum atomic E-state index is -0.703. The van der Waals surface area contributed by atoms with Gasteiger partial charge in [0.2, 0.25) is 11.8 Å². The first-order valence-electron chi connectivity index (χ1n) is 12.6. The van der Waals surface area contributed by atoms with Gasteiger partial charge >= 0.3 is 0 Å². The van der Waals surface area contributed by atoms with E-state index < -0.39 is 11.2 Å². The molecule has 9 heteroatoms. The standard InChI is InChI=1S/C27H32FN3O5/c28-21-5-4-20(18-22(21)30-25(32)7-10-31-11-13-34-14-12-31)29-26(33)27(8-1-2-9-27)19-3-6-23-24(17-19)36-16-15-35-23/h3-6,17-18H,1-2,7-16H2,(H,29,33)(H,30,32). The zero-order valence-electron chi connectivity index (χ0n) is 20.3. The maximum Gasteiger partial charge on any atom is 0.235 e. The van der Waals surface area contributed by atoms with E-state index in [0.717, 1.165) is 31.5 Å². The number of fused-ring (bicyclic) bond motifs is 1. The molecule has 0 spiro atoms. The lowest BCUT2D eigenvalue weighted by Crippen LogP contribution is -2.38. The summed E-state index contributed by atoms with van der Waals surface area (Å²) < 4.78 is 31.2. The number of nitrogens with zero attached hydrogens (tertiary/aromatic N) is 1. The summed E-state index contributed by atoms with van der Waals surface area (Å²) in [5.41, 5.74) is 0.681. The van der Waals surface area contributed by atoms with Crippen molar-refractivity contribution < 1.29 is 28.2 Å². The summed E-state index contributed by atoms with van der Waals surface area (Å²) in [5, 5.41) is 5.63. The molecule has 1 saturated carbocycles. The molecule has 3 aliphatic rings. The van der Waals surface area contributed by atoms with E-state index in [4.69, 9.17) is 14.2 Å². The number of carbonyl (C=O) groups is 2. The van der Waals surface area contributed by atoms with Gasteiger partial charge in [0.25, 0.3) is 0 Å². The van der Waals surface area contributed by atoms with Crippen LogP contribution in [-0.4, -0.2) is 62.8 Å². The summed E-state index contributed by atoms with van der Waals surface area (Å²) in [6, 6.07) is 9.96. The Morgan fingerprint density at radius 3 is 2.44 bits per heavy atom. The molecule has 0 atom stereocenters. The van der Waals surface area contributed by atoms with E-state index in [1.807, 2.05) is 18.2 Å². The van der Waals surface area contributed by atoms with E-state index in [1.54, 1.807) is 0 Å². The van der Waals surface area contributed by atoms with Crippen LogP contribution in [-0.2, 0) is 19.7 Å². The second-order valence-electron chi connectivity index (χ2n) is 9.55. The second-order valence-corrected chi connectivity index (χ2v) is 9.55. The molecular formula is C27H32FN3O5. The third-order valence-corrected chi connectivity index (χ3v) is 7.24. The molecule has 192 valence electrons. The SMILES string of the molecule is O=C(CCN1CCOCC1)Nc1cc(NC(=O)C2(c3ccc4c(c3)OCCO4)CCCC2)ccc1F. The van der Waals surface area contributed by atoms with Crippen molar-refractivity contribution in [3.8, 4) is 11.5 Å². The smallest absolute Gasteiger partial charge is 0.235 e. The highest BCUT2D eigenvalue weighted by atomic mass is 19.1. The number of nitrogens with one attached hydrogen (secondary N) is 2. The zero-order chi connectivity index (χ0) is 25.0. The fourth-order valence-electron chi connectivity index (χ4n) is 5.21. The van der Waals surface area contributed by atoms with E-state index in [-0.39, 0.29) is 23.9 Å². The van der Waals surface area contributed by atoms with Gasteiger partial charge in [-0.3, -0.25) is 14.5 Å². The summed E-state index contributed by atoms with van der Waals surface area (Å²) in [4.78, 5) is 28.2. The highest BCUT2D eigenvalue weighted by molar-refractivity contribution is 6.00. The molecule has 36 heavy (non-hydrogen) atoms. The number of benzene rings is 2. The first-order chi connectivity index (χ1) is 17.5. The van der Waals surface area contributed by atoms with Crippen LogP contribution < -0.4 is 20.1 Å². The molecule has 2 aromatic rings. The Morgan fingerprint density at radius 2 is 1.67 bits per heavy atom. The molecule has 8 nitrogen and oxygen atoms in total. The lowest BCUT2D eigenvalue weighted by molar-refractivity contribution is -0.121. The van der Waals surface area contributed by atoms with Gasteiger partial charge in [-0.25, -0.2) is 4.39 Å². The van der Waals surface area contributed by atoms with Crippen LogP contribution in [0.4, 0.5) is 15.8 Å². The molecule has 0 aromatic heterocycles. The molecule has 0 radical (unpaired) electrons. The van der Waals surface area contributed by atoms with E-state index >= 15 is 0 Å². The van der Waals surface area contributed by atoms with Gasteiger partial charge in [0.15, 0.2) is 11.5 Å². The van der Waals surface area contributed by atoms with Crippen molar-refractivity contribution >= 4 is 23.2 Å². The summed E-state index contributed by atoms with van der Waals surface area (Å²) in [6.07, 6.45) is 3.56. The Balaban J connectivity index is 1.27. The molecule has 1 saturated heterocycles. The number of carbonyl (C=O) groups excluding carboxylic acids is 2. The topological polar surface area (TPSA) is 89.1 Å². The number of ether oxygens (including phenoxy) is 3. The number of halogens is 1. The minimum Gasteiger partial charge on any atom is -0.486 e. The fourth-order valence-corrected chi connectivity index (χ4v) is 5.21. The van der Waals surface area contributed by atoms with Crippen LogP contribution in [0.3, 0.4) is 0 Å². The van der Waals surface area contributed by atoms with Crippen LogP contribution in [0.2, 0.25) is 0 Å². The first-order valence-corrected chi connectivity index (χ1v) is 12.6. The van der Waals surface area contributed by atoms with Gasteiger partial charge in [0.05, 0.1) is 24.3 Å². The summed E-state index contributed by atoms with van der Waals surface area (Å²) >= 11 is 0. The molecule has 2 N–H and O–H groups in total. The normalized spacial score (nSPS) is 19.0. The van der Waals surface area contributed by atoms with Crippen LogP contribution in [0.15, 0.2) is 36.4 Å². The number of amides is 2. The average Bonchev–Trinajstić information content (AvgIpc) is 3.41. The maximum atomic E-state index is 14.5. The fraction of sp³-hybridized carbons (Fsp3) is 0.481. The Bertz CT molecular complexity index is 1110. The van der Waals surface area contributed by atoms with Gasteiger partial charge in [-0.05, 0) is 48.7 Å². The lowest BCUT2D eigenvalue weighted by Gasteiger charge is -2.30. The zero-order valence-corrected chi connectivity index (χ0v) is 20.3. The third kappa shape index (κ3) is 5.32. The van der Waals surface area contributed by atoms with Crippen LogP contribution >= 0.6 is 0 Å². The lowest BCUT2D eigenvalue weighted by atomic mass is 9.77. The second kappa shape index (κ2) is 10.8. The van der Waals surface area contributed by atoms with Crippen molar-refractivity contribution in [2.24, 2.45) is 0 Å². The van der Waals surface area contributed by atoms with Crippen LogP contribution in [0.1, 0.15) is 37.7 Å². The Hall–Kier alpha value is -3.17. The monoisotopic (exact) mass is 497 g/mol. The summed E-state index contributed by atoms with van der Waals surface area (Å²) in [5.74, 6) is 0.378. The van der Waals surface area contributed by atoms with Crippen LogP contribution in [0, 0.1) is 5.82 Å². The van der Waals surface area contributed by atoms with E-state index in [9.17, 15) is 14.0 Å². The van der Waals surface area contributed by atoms with E-state index in [2.05, 4.69) is 15.5 Å². The molecule has 2 aromatic carbocycles. The quantitative estimate of drug-likeness (QED) is 0.606. The van der Waals surface area contributed by atoms with Gasteiger partial charge in [-0.1, -0.05) is 18.9 Å². The summed E-state index contributed by atoms with van der Waals surface area (Å²) in [7, 11) is 0. The van der Waals surface area contributed by atoms with Crippen molar-refractivity contribution in [2.75, 3.05) is 56.7 Å². The third-order valence-electron chi connectivity index (χ3n) is 7.24. The largest absolute Gasteiger partial charge is 0.486 e. The van der Waals surface area contributed by atoms with Crippen molar-refractivity contribution in [3.05, 3.63) is 47.8 Å². The Morgan fingerprint density at radius 1 is 0.917 bits per heavy atom. The molecule has 0 unspecified atom stereocenters. The van der Waals surface area contributed by atoms with Crippen molar-refractivity contribution in [1.29, 1.82) is 0 Å². The molecule has 1 aliphatic carbocycles. The highest BCUT2D eigenvalue weighted by Crippen LogP contribution is 2.45. The predicted octanol–water partition coefficient (Wildman–Crippen LogP) is 3.71. The summed E-state index contributed by atoms with van der Waals surface area (Å²) in [6.45, 7) is 4.46. The maximum absolute atomic E-state index is 14.5. The highest BCUT2D eigenvalue weighted by Gasteiger charge is 2.43. The molecule has 2 aliphatic heterocycles. The van der Waals surface area contributed by atoms with E-state index in [0.29, 0.717) is 63.0 Å².